The monoisotopic (exact) mass is 272 g/mol. The van der Waals surface area contributed by atoms with Crippen LogP contribution >= 0.6 is 23.5 Å². The van der Waals surface area contributed by atoms with Gasteiger partial charge in [-0.1, -0.05) is 25.1 Å². The van der Waals surface area contributed by atoms with E-state index in [4.69, 9.17) is 0 Å². The summed E-state index contributed by atoms with van der Waals surface area (Å²) in [6.45, 7) is 2.14. The van der Waals surface area contributed by atoms with E-state index >= 15 is 0 Å². The zero-order valence-electron chi connectivity index (χ0n) is 9.80. The molecule has 2 rings (SSSR count). The van der Waals surface area contributed by atoms with Crippen molar-refractivity contribution >= 4 is 23.5 Å². The van der Waals surface area contributed by atoms with E-state index in [0.29, 0.717) is 17.2 Å². The molecule has 1 heterocycles. The Labute approximate surface area is 110 Å². The minimum atomic E-state index is -0.459. The summed E-state index contributed by atoms with van der Waals surface area (Å²) in [6, 6.07) is 6.70. The summed E-state index contributed by atoms with van der Waals surface area (Å²) in [6.07, 6.45) is -0.0467. The Morgan fingerprint density at radius 1 is 1.35 bits per heavy atom. The van der Waals surface area contributed by atoms with Crippen molar-refractivity contribution in [1.29, 1.82) is 0 Å². The maximum Gasteiger partial charge on any atom is 0.126 e. The molecule has 0 radical (unpaired) electrons. The number of rotatable bonds is 3. The van der Waals surface area contributed by atoms with Crippen LogP contribution in [0.2, 0.25) is 0 Å². The molecule has 1 N–H and O–H groups in total. The second kappa shape index (κ2) is 6.12. The fourth-order valence-corrected chi connectivity index (χ4v) is 4.92. The van der Waals surface area contributed by atoms with Crippen LogP contribution in [0.25, 0.3) is 0 Å². The first kappa shape index (κ1) is 13.2. The zero-order chi connectivity index (χ0) is 12.3. The lowest BCUT2D eigenvalue weighted by atomic mass is 10.0. The molecule has 17 heavy (non-hydrogen) atoms. The van der Waals surface area contributed by atoms with Crippen molar-refractivity contribution in [2.24, 2.45) is 0 Å². The largest absolute Gasteiger partial charge is 0.392 e. The smallest absolute Gasteiger partial charge is 0.126 e. The highest BCUT2D eigenvalue weighted by atomic mass is 32.2. The van der Waals surface area contributed by atoms with Crippen molar-refractivity contribution < 1.29 is 9.50 Å². The van der Waals surface area contributed by atoms with Crippen LogP contribution < -0.4 is 0 Å². The van der Waals surface area contributed by atoms with Gasteiger partial charge in [-0.15, -0.1) is 0 Å². The maximum atomic E-state index is 13.5. The predicted molar refractivity (Wildman–Crippen MR) is 74.3 cm³/mol. The molecular formula is C13H17FOS2. The van der Waals surface area contributed by atoms with Crippen LogP contribution in [0.5, 0.6) is 0 Å². The topological polar surface area (TPSA) is 20.2 Å². The second-order valence-electron chi connectivity index (χ2n) is 4.27. The molecule has 0 spiro atoms. The number of aliphatic hydroxyl groups excluding tert-OH is 1. The van der Waals surface area contributed by atoms with Crippen molar-refractivity contribution in [3.63, 3.8) is 0 Å². The molecule has 1 aromatic carbocycles. The highest BCUT2D eigenvalue weighted by molar-refractivity contribution is 8.07. The summed E-state index contributed by atoms with van der Waals surface area (Å²) in [5.74, 6) is 2.01. The SMILES string of the molecule is CC1SCCSC1C(O)Cc1ccccc1F. The number of benzene rings is 1. The lowest BCUT2D eigenvalue weighted by molar-refractivity contribution is 0.170. The summed E-state index contributed by atoms with van der Waals surface area (Å²) in [7, 11) is 0. The highest BCUT2D eigenvalue weighted by Crippen LogP contribution is 2.34. The molecule has 1 saturated heterocycles. The normalized spacial score (nSPS) is 26.8. The number of thioether (sulfide) groups is 2. The van der Waals surface area contributed by atoms with Crippen molar-refractivity contribution in [3.8, 4) is 0 Å². The van der Waals surface area contributed by atoms with Crippen LogP contribution in [-0.2, 0) is 6.42 Å². The van der Waals surface area contributed by atoms with E-state index in [-0.39, 0.29) is 11.1 Å². The van der Waals surface area contributed by atoms with Crippen LogP contribution in [0, 0.1) is 5.82 Å². The Kier molecular flexibility index (Phi) is 4.77. The lowest BCUT2D eigenvalue weighted by Crippen LogP contribution is -2.36. The Balaban J connectivity index is 2.01. The van der Waals surface area contributed by atoms with Gasteiger partial charge >= 0.3 is 0 Å². The van der Waals surface area contributed by atoms with Gasteiger partial charge in [-0.05, 0) is 11.6 Å². The number of hydrogen-bond acceptors (Lipinski definition) is 3. The quantitative estimate of drug-likeness (QED) is 0.913. The Morgan fingerprint density at radius 3 is 2.76 bits per heavy atom. The average molecular weight is 272 g/mol. The number of halogens is 1. The van der Waals surface area contributed by atoms with Gasteiger partial charge in [-0.25, -0.2) is 4.39 Å². The van der Waals surface area contributed by atoms with Crippen molar-refractivity contribution in [3.05, 3.63) is 35.6 Å². The van der Waals surface area contributed by atoms with Crippen LogP contribution in [-0.4, -0.2) is 33.2 Å². The van der Waals surface area contributed by atoms with E-state index in [0.717, 1.165) is 11.5 Å². The van der Waals surface area contributed by atoms with Gasteiger partial charge in [0.15, 0.2) is 0 Å². The summed E-state index contributed by atoms with van der Waals surface area (Å²) >= 11 is 3.71. The van der Waals surface area contributed by atoms with Crippen molar-refractivity contribution in [1.82, 2.24) is 0 Å². The standard InChI is InChI=1S/C13H17FOS2/c1-9-13(17-7-6-16-9)12(15)8-10-4-2-3-5-11(10)14/h2-5,9,12-13,15H,6-8H2,1H3. The van der Waals surface area contributed by atoms with Crippen molar-refractivity contribution in [2.45, 2.75) is 29.9 Å². The van der Waals surface area contributed by atoms with Crippen LogP contribution in [0.3, 0.4) is 0 Å². The fraction of sp³-hybridized carbons (Fsp3) is 0.538. The molecule has 1 aromatic rings. The zero-order valence-corrected chi connectivity index (χ0v) is 11.4. The third kappa shape index (κ3) is 3.39. The molecule has 0 aliphatic carbocycles. The predicted octanol–water partition coefficient (Wildman–Crippen LogP) is 2.97. The van der Waals surface area contributed by atoms with Gasteiger partial charge in [-0.2, -0.15) is 23.5 Å². The van der Waals surface area contributed by atoms with Crippen LogP contribution in [0.15, 0.2) is 24.3 Å². The molecule has 1 aliphatic heterocycles. The van der Waals surface area contributed by atoms with Gasteiger partial charge in [0.05, 0.1) is 6.10 Å². The first-order chi connectivity index (χ1) is 8.18. The van der Waals surface area contributed by atoms with Crippen molar-refractivity contribution in [2.75, 3.05) is 11.5 Å². The van der Waals surface area contributed by atoms with E-state index in [9.17, 15) is 9.50 Å². The average Bonchev–Trinajstić information content (AvgIpc) is 2.32. The summed E-state index contributed by atoms with van der Waals surface area (Å²) < 4.78 is 13.5. The summed E-state index contributed by atoms with van der Waals surface area (Å²) in [5, 5.41) is 10.9. The third-order valence-corrected chi connectivity index (χ3v) is 6.24. The Hall–Kier alpha value is -0.190. The van der Waals surface area contributed by atoms with Gasteiger partial charge in [0.25, 0.3) is 0 Å². The van der Waals surface area contributed by atoms with E-state index in [1.165, 1.54) is 6.07 Å². The molecule has 0 saturated carbocycles. The molecule has 94 valence electrons. The van der Waals surface area contributed by atoms with Crippen LogP contribution in [0.4, 0.5) is 4.39 Å². The first-order valence-corrected chi connectivity index (χ1v) is 7.93. The molecular weight excluding hydrogens is 255 g/mol. The molecule has 0 bridgehead atoms. The maximum absolute atomic E-state index is 13.5. The third-order valence-electron chi connectivity index (χ3n) is 3.00. The number of aliphatic hydroxyl groups is 1. The molecule has 3 unspecified atom stereocenters. The molecule has 3 atom stereocenters. The second-order valence-corrected chi connectivity index (χ2v) is 7.05. The molecule has 1 fully saturated rings. The molecule has 1 nitrogen and oxygen atoms in total. The Bertz CT molecular complexity index is 372. The highest BCUT2D eigenvalue weighted by Gasteiger charge is 2.29. The van der Waals surface area contributed by atoms with E-state index in [1.807, 2.05) is 29.6 Å². The Morgan fingerprint density at radius 2 is 2.06 bits per heavy atom. The van der Waals surface area contributed by atoms with Gasteiger partial charge < -0.3 is 5.11 Å². The minimum absolute atomic E-state index is 0.215. The van der Waals surface area contributed by atoms with Crippen LogP contribution in [0.1, 0.15) is 12.5 Å². The molecule has 4 heteroatoms. The summed E-state index contributed by atoms with van der Waals surface area (Å²) in [5.41, 5.74) is 0.614. The van der Waals surface area contributed by atoms with Gasteiger partial charge in [-0.3, -0.25) is 0 Å². The first-order valence-electron chi connectivity index (χ1n) is 5.83. The fourth-order valence-electron chi connectivity index (χ4n) is 2.08. The number of hydrogen-bond donors (Lipinski definition) is 1. The summed E-state index contributed by atoms with van der Waals surface area (Å²) in [4.78, 5) is 0. The van der Waals surface area contributed by atoms with E-state index in [1.54, 1.807) is 12.1 Å². The van der Waals surface area contributed by atoms with E-state index in [2.05, 4.69) is 6.92 Å². The van der Waals surface area contributed by atoms with Gasteiger partial charge in [0.1, 0.15) is 5.82 Å². The van der Waals surface area contributed by atoms with Gasteiger partial charge in [0, 0.05) is 28.4 Å². The lowest BCUT2D eigenvalue weighted by Gasteiger charge is -2.31. The molecule has 0 amide bonds. The minimum Gasteiger partial charge on any atom is -0.392 e. The molecule has 0 aromatic heterocycles. The molecule has 1 aliphatic rings. The van der Waals surface area contributed by atoms with E-state index < -0.39 is 6.10 Å². The van der Waals surface area contributed by atoms with Gasteiger partial charge in [0.2, 0.25) is 0 Å².